The standard InChI is InChI=1S/C12H12ClN3O2/c13-6-2-3-10-8-14-15(9-10)11-4-1-5-12(7-11)16(17)18/h1,4-5,7-9H,2-3,6H2. The van der Waals surface area contributed by atoms with Gasteiger partial charge in [0.15, 0.2) is 0 Å². The molecule has 0 N–H and O–H groups in total. The molecule has 94 valence electrons. The van der Waals surface area contributed by atoms with E-state index in [1.54, 1.807) is 23.0 Å². The van der Waals surface area contributed by atoms with Gasteiger partial charge in [-0.3, -0.25) is 10.1 Å². The van der Waals surface area contributed by atoms with Crippen molar-refractivity contribution in [1.82, 2.24) is 9.78 Å². The number of nitrogens with zero attached hydrogens (tertiary/aromatic N) is 3. The number of non-ortho nitro benzene ring substituents is 1. The highest BCUT2D eigenvalue weighted by atomic mass is 35.5. The number of hydrogen-bond donors (Lipinski definition) is 0. The van der Waals surface area contributed by atoms with E-state index in [0.29, 0.717) is 11.6 Å². The Morgan fingerprint density at radius 1 is 1.44 bits per heavy atom. The van der Waals surface area contributed by atoms with E-state index in [1.807, 2.05) is 6.20 Å². The molecule has 0 aliphatic rings. The van der Waals surface area contributed by atoms with Crippen LogP contribution in [0.25, 0.3) is 5.69 Å². The van der Waals surface area contributed by atoms with Crippen LogP contribution in [0.1, 0.15) is 12.0 Å². The van der Waals surface area contributed by atoms with Crippen molar-refractivity contribution >= 4 is 17.3 Å². The summed E-state index contributed by atoms with van der Waals surface area (Å²) in [4.78, 5) is 10.3. The van der Waals surface area contributed by atoms with Crippen LogP contribution in [0.4, 0.5) is 5.69 Å². The number of nitro groups is 1. The zero-order valence-corrected chi connectivity index (χ0v) is 10.4. The molecule has 6 heteroatoms. The molecular weight excluding hydrogens is 254 g/mol. The van der Waals surface area contributed by atoms with E-state index in [9.17, 15) is 10.1 Å². The van der Waals surface area contributed by atoms with Crippen LogP contribution in [0.2, 0.25) is 0 Å². The summed E-state index contributed by atoms with van der Waals surface area (Å²) >= 11 is 5.63. The van der Waals surface area contributed by atoms with Crippen LogP contribution in [0.3, 0.4) is 0 Å². The molecular formula is C12H12ClN3O2. The Kier molecular flexibility index (Phi) is 3.94. The molecule has 0 fully saturated rings. The van der Waals surface area contributed by atoms with Gasteiger partial charge in [-0.1, -0.05) is 6.07 Å². The Morgan fingerprint density at radius 2 is 2.28 bits per heavy atom. The van der Waals surface area contributed by atoms with Crippen LogP contribution in [-0.4, -0.2) is 20.6 Å². The van der Waals surface area contributed by atoms with Crippen molar-refractivity contribution in [3.05, 3.63) is 52.3 Å². The molecule has 1 aromatic carbocycles. The Hall–Kier alpha value is -1.88. The Balaban J connectivity index is 2.23. The predicted octanol–water partition coefficient (Wildman–Crippen LogP) is 2.95. The van der Waals surface area contributed by atoms with E-state index in [1.165, 1.54) is 12.1 Å². The van der Waals surface area contributed by atoms with Gasteiger partial charge in [0.1, 0.15) is 0 Å². The molecule has 0 unspecified atom stereocenters. The predicted molar refractivity (Wildman–Crippen MR) is 69.3 cm³/mol. The van der Waals surface area contributed by atoms with Gasteiger partial charge in [-0.25, -0.2) is 4.68 Å². The van der Waals surface area contributed by atoms with E-state index < -0.39 is 4.92 Å². The molecule has 0 bridgehead atoms. The maximum Gasteiger partial charge on any atom is 0.271 e. The molecule has 0 spiro atoms. The quantitative estimate of drug-likeness (QED) is 0.474. The molecule has 0 saturated heterocycles. The lowest BCUT2D eigenvalue weighted by molar-refractivity contribution is -0.384. The lowest BCUT2D eigenvalue weighted by atomic mass is 10.2. The van der Waals surface area contributed by atoms with Gasteiger partial charge in [0.2, 0.25) is 0 Å². The molecule has 2 rings (SSSR count). The summed E-state index contributed by atoms with van der Waals surface area (Å²) in [6.07, 6.45) is 5.37. The summed E-state index contributed by atoms with van der Waals surface area (Å²) < 4.78 is 1.64. The number of hydrogen-bond acceptors (Lipinski definition) is 3. The van der Waals surface area contributed by atoms with Gasteiger partial charge in [0.05, 0.1) is 16.8 Å². The zero-order chi connectivity index (χ0) is 13.0. The number of alkyl halides is 1. The molecule has 0 amide bonds. The lowest BCUT2D eigenvalue weighted by Gasteiger charge is -2.00. The number of nitro benzene ring substituents is 1. The van der Waals surface area contributed by atoms with Crippen molar-refractivity contribution in [2.45, 2.75) is 12.8 Å². The van der Waals surface area contributed by atoms with Crippen LogP contribution in [0, 0.1) is 10.1 Å². The van der Waals surface area contributed by atoms with Crippen LogP contribution in [0.5, 0.6) is 0 Å². The number of benzene rings is 1. The third kappa shape index (κ3) is 2.87. The summed E-state index contributed by atoms with van der Waals surface area (Å²) in [5.41, 5.74) is 1.81. The average molecular weight is 266 g/mol. The maximum atomic E-state index is 10.7. The van der Waals surface area contributed by atoms with Crippen LogP contribution in [0.15, 0.2) is 36.7 Å². The van der Waals surface area contributed by atoms with E-state index in [0.717, 1.165) is 18.4 Å². The van der Waals surface area contributed by atoms with E-state index in [4.69, 9.17) is 11.6 Å². The summed E-state index contributed by atoms with van der Waals surface area (Å²) in [5.74, 6) is 0.613. The minimum Gasteiger partial charge on any atom is -0.258 e. The van der Waals surface area contributed by atoms with Gasteiger partial charge in [0.25, 0.3) is 5.69 Å². The highest BCUT2D eigenvalue weighted by molar-refractivity contribution is 6.17. The fourth-order valence-corrected chi connectivity index (χ4v) is 1.78. The fraction of sp³-hybridized carbons (Fsp3) is 0.250. The minimum atomic E-state index is -0.415. The van der Waals surface area contributed by atoms with Crippen molar-refractivity contribution in [3.63, 3.8) is 0 Å². The molecule has 0 aliphatic carbocycles. The summed E-state index contributed by atoms with van der Waals surface area (Å²) in [7, 11) is 0. The molecule has 5 nitrogen and oxygen atoms in total. The van der Waals surface area contributed by atoms with E-state index in [2.05, 4.69) is 5.10 Å². The SMILES string of the molecule is O=[N+]([O-])c1cccc(-n2cc(CCCCl)cn2)c1. The topological polar surface area (TPSA) is 61.0 Å². The van der Waals surface area contributed by atoms with Crippen LogP contribution >= 0.6 is 11.6 Å². The summed E-state index contributed by atoms with van der Waals surface area (Å²) in [6, 6.07) is 6.39. The zero-order valence-electron chi connectivity index (χ0n) is 9.62. The third-order valence-corrected chi connectivity index (χ3v) is 2.81. The van der Waals surface area contributed by atoms with Crippen molar-refractivity contribution in [2.24, 2.45) is 0 Å². The van der Waals surface area contributed by atoms with E-state index >= 15 is 0 Å². The lowest BCUT2D eigenvalue weighted by Crippen LogP contribution is -1.96. The van der Waals surface area contributed by atoms with Crippen LogP contribution < -0.4 is 0 Å². The van der Waals surface area contributed by atoms with Gasteiger partial charge in [0, 0.05) is 24.2 Å². The molecule has 2 aromatic rings. The second-order valence-corrected chi connectivity index (χ2v) is 4.24. The largest absolute Gasteiger partial charge is 0.271 e. The minimum absolute atomic E-state index is 0.0605. The smallest absolute Gasteiger partial charge is 0.258 e. The van der Waals surface area contributed by atoms with Gasteiger partial charge in [-0.15, -0.1) is 11.6 Å². The first kappa shape index (κ1) is 12.6. The summed E-state index contributed by atoms with van der Waals surface area (Å²) in [6.45, 7) is 0. The van der Waals surface area contributed by atoms with E-state index in [-0.39, 0.29) is 5.69 Å². The van der Waals surface area contributed by atoms with Crippen molar-refractivity contribution < 1.29 is 4.92 Å². The molecule has 0 radical (unpaired) electrons. The second kappa shape index (κ2) is 5.64. The highest BCUT2D eigenvalue weighted by Crippen LogP contribution is 2.16. The molecule has 1 heterocycles. The second-order valence-electron chi connectivity index (χ2n) is 3.86. The fourth-order valence-electron chi connectivity index (χ4n) is 1.65. The molecule has 0 saturated carbocycles. The monoisotopic (exact) mass is 265 g/mol. The van der Waals surface area contributed by atoms with Crippen molar-refractivity contribution in [1.29, 1.82) is 0 Å². The van der Waals surface area contributed by atoms with Crippen LogP contribution in [-0.2, 0) is 6.42 Å². The number of aryl methyl sites for hydroxylation is 1. The average Bonchev–Trinajstić information content (AvgIpc) is 2.85. The maximum absolute atomic E-state index is 10.7. The molecule has 0 aliphatic heterocycles. The Morgan fingerprint density at radius 3 is 3.00 bits per heavy atom. The number of aromatic nitrogens is 2. The molecule has 0 atom stereocenters. The Labute approximate surface area is 109 Å². The number of halogens is 1. The Bertz CT molecular complexity index is 554. The van der Waals surface area contributed by atoms with Gasteiger partial charge in [-0.05, 0) is 24.5 Å². The normalized spacial score (nSPS) is 10.5. The summed E-state index contributed by atoms with van der Waals surface area (Å²) in [5, 5.41) is 14.9. The van der Waals surface area contributed by atoms with Crippen molar-refractivity contribution in [2.75, 3.05) is 5.88 Å². The first-order chi connectivity index (χ1) is 8.70. The molecule has 1 aromatic heterocycles. The third-order valence-electron chi connectivity index (χ3n) is 2.54. The molecule has 18 heavy (non-hydrogen) atoms. The first-order valence-electron chi connectivity index (χ1n) is 5.55. The highest BCUT2D eigenvalue weighted by Gasteiger charge is 2.07. The van der Waals surface area contributed by atoms with Gasteiger partial charge in [-0.2, -0.15) is 5.10 Å². The van der Waals surface area contributed by atoms with Gasteiger partial charge < -0.3 is 0 Å². The first-order valence-corrected chi connectivity index (χ1v) is 6.08. The van der Waals surface area contributed by atoms with Crippen molar-refractivity contribution in [3.8, 4) is 5.69 Å². The van der Waals surface area contributed by atoms with Gasteiger partial charge >= 0.3 is 0 Å². The number of rotatable bonds is 5.